The van der Waals surface area contributed by atoms with Crippen molar-refractivity contribution < 1.29 is 14.5 Å². The van der Waals surface area contributed by atoms with E-state index in [0.29, 0.717) is 6.04 Å². The van der Waals surface area contributed by atoms with E-state index in [9.17, 15) is 14.9 Å². The third kappa shape index (κ3) is 3.26. The summed E-state index contributed by atoms with van der Waals surface area (Å²) in [6.07, 6.45) is 5.81. The van der Waals surface area contributed by atoms with Crippen LogP contribution in [0.1, 0.15) is 42.5 Å². The molecule has 108 valence electrons. The van der Waals surface area contributed by atoms with Gasteiger partial charge in [0.15, 0.2) is 0 Å². The minimum Gasteiger partial charge on any atom is -0.465 e. The van der Waals surface area contributed by atoms with Gasteiger partial charge in [0.1, 0.15) is 5.56 Å². The zero-order chi connectivity index (χ0) is 14.5. The van der Waals surface area contributed by atoms with Crippen molar-refractivity contribution in [3.05, 3.63) is 33.9 Å². The molecule has 2 rings (SSSR count). The molecule has 1 aliphatic carbocycles. The minimum absolute atomic E-state index is 0.0155. The fraction of sp³-hybridized carbons (Fsp3) is 0.500. The number of carbonyl (C=O) groups excluding carboxylic acids is 1. The largest absolute Gasteiger partial charge is 0.465 e. The highest BCUT2D eigenvalue weighted by atomic mass is 16.6. The molecule has 0 amide bonds. The van der Waals surface area contributed by atoms with Gasteiger partial charge in [-0.05, 0) is 25.0 Å². The molecule has 20 heavy (non-hydrogen) atoms. The van der Waals surface area contributed by atoms with Gasteiger partial charge in [0, 0.05) is 17.8 Å². The lowest BCUT2D eigenvalue weighted by molar-refractivity contribution is -0.385. The van der Waals surface area contributed by atoms with Crippen LogP contribution < -0.4 is 5.32 Å². The Morgan fingerprint density at radius 1 is 1.35 bits per heavy atom. The van der Waals surface area contributed by atoms with Gasteiger partial charge in [-0.3, -0.25) is 10.1 Å². The highest BCUT2D eigenvalue weighted by molar-refractivity contribution is 5.95. The van der Waals surface area contributed by atoms with E-state index in [1.807, 2.05) is 0 Å². The molecule has 0 unspecified atom stereocenters. The van der Waals surface area contributed by atoms with Crippen molar-refractivity contribution in [3.8, 4) is 0 Å². The zero-order valence-electron chi connectivity index (χ0n) is 11.4. The van der Waals surface area contributed by atoms with E-state index < -0.39 is 10.9 Å². The summed E-state index contributed by atoms with van der Waals surface area (Å²) in [4.78, 5) is 22.0. The number of hydrogen-bond donors (Lipinski definition) is 1. The quantitative estimate of drug-likeness (QED) is 0.520. The van der Waals surface area contributed by atoms with E-state index in [0.717, 1.165) is 18.5 Å². The smallest absolute Gasteiger partial charge is 0.344 e. The first-order chi connectivity index (χ1) is 9.61. The molecule has 1 fully saturated rings. The van der Waals surface area contributed by atoms with Crippen LogP contribution in [0.25, 0.3) is 0 Å². The maximum absolute atomic E-state index is 11.6. The van der Waals surface area contributed by atoms with E-state index in [2.05, 4.69) is 10.1 Å². The lowest BCUT2D eigenvalue weighted by Crippen LogP contribution is -2.22. The number of nitro benzene ring substituents is 1. The second-order valence-electron chi connectivity index (χ2n) is 4.96. The van der Waals surface area contributed by atoms with Gasteiger partial charge in [0.25, 0.3) is 5.69 Å². The summed E-state index contributed by atoms with van der Waals surface area (Å²) >= 11 is 0. The third-order valence-corrected chi connectivity index (χ3v) is 3.57. The monoisotopic (exact) mass is 278 g/mol. The molecular formula is C14H18N2O4. The molecule has 6 heteroatoms. The minimum atomic E-state index is -0.691. The Labute approximate surface area is 117 Å². The topological polar surface area (TPSA) is 81.5 Å². The fourth-order valence-electron chi connectivity index (χ4n) is 2.54. The Kier molecular flexibility index (Phi) is 4.55. The molecule has 6 nitrogen and oxygen atoms in total. The first-order valence-corrected chi connectivity index (χ1v) is 6.75. The maximum atomic E-state index is 11.6. The molecule has 0 aliphatic heterocycles. The van der Waals surface area contributed by atoms with E-state index in [1.54, 1.807) is 6.07 Å². The van der Waals surface area contributed by atoms with Crippen molar-refractivity contribution >= 4 is 17.3 Å². The van der Waals surface area contributed by atoms with Crippen LogP contribution in [-0.4, -0.2) is 24.0 Å². The number of benzene rings is 1. The Hall–Kier alpha value is -2.11. The molecule has 1 aromatic rings. The summed E-state index contributed by atoms with van der Waals surface area (Å²) in [5, 5.41) is 14.3. The Morgan fingerprint density at radius 2 is 2.05 bits per heavy atom. The van der Waals surface area contributed by atoms with Crippen molar-refractivity contribution in [2.24, 2.45) is 0 Å². The van der Waals surface area contributed by atoms with Gasteiger partial charge in [-0.2, -0.15) is 0 Å². The number of nitro groups is 1. The highest BCUT2D eigenvalue weighted by Crippen LogP contribution is 2.26. The van der Waals surface area contributed by atoms with Gasteiger partial charge >= 0.3 is 5.97 Å². The first kappa shape index (κ1) is 14.3. The van der Waals surface area contributed by atoms with Crippen molar-refractivity contribution in [3.63, 3.8) is 0 Å². The Balaban J connectivity index is 2.22. The summed E-state index contributed by atoms with van der Waals surface area (Å²) in [5.41, 5.74) is 0.479. The number of nitrogens with one attached hydrogen (secondary N) is 1. The molecule has 1 aromatic carbocycles. The number of ether oxygens (including phenoxy) is 1. The van der Waals surface area contributed by atoms with E-state index in [4.69, 9.17) is 0 Å². The number of methoxy groups -OCH3 is 1. The molecular weight excluding hydrogens is 260 g/mol. The van der Waals surface area contributed by atoms with Crippen LogP contribution in [0.2, 0.25) is 0 Å². The van der Waals surface area contributed by atoms with Crippen LogP contribution in [-0.2, 0) is 4.74 Å². The van der Waals surface area contributed by atoms with E-state index in [-0.39, 0.29) is 11.3 Å². The highest BCUT2D eigenvalue weighted by Gasteiger charge is 2.22. The Bertz CT molecular complexity index is 510. The number of anilines is 1. The molecule has 0 saturated heterocycles. The summed E-state index contributed by atoms with van der Waals surface area (Å²) in [6, 6.07) is 4.85. The lowest BCUT2D eigenvalue weighted by Gasteiger charge is -2.24. The standard InChI is InChI=1S/C14H18N2O4/c1-20-14(17)12-9-11(7-8-13(12)16(18)19)15-10-5-3-2-4-6-10/h7-10,15H,2-6H2,1H3. The van der Waals surface area contributed by atoms with Gasteiger partial charge in [0.05, 0.1) is 12.0 Å². The van der Waals surface area contributed by atoms with Crippen LogP contribution in [0.4, 0.5) is 11.4 Å². The predicted octanol–water partition coefficient (Wildman–Crippen LogP) is 3.13. The Morgan fingerprint density at radius 3 is 2.65 bits per heavy atom. The van der Waals surface area contributed by atoms with Crippen LogP contribution in [0.15, 0.2) is 18.2 Å². The summed E-state index contributed by atoms with van der Waals surface area (Å²) < 4.78 is 4.60. The average Bonchev–Trinajstić information content (AvgIpc) is 2.47. The molecule has 1 N–H and O–H groups in total. The molecule has 0 radical (unpaired) electrons. The molecule has 0 bridgehead atoms. The van der Waals surface area contributed by atoms with Crippen LogP contribution >= 0.6 is 0 Å². The number of hydrogen-bond acceptors (Lipinski definition) is 5. The molecule has 0 heterocycles. The molecule has 0 aromatic heterocycles. The maximum Gasteiger partial charge on any atom is 0.344 e. The van der Waals surface area contributed by atoms with Gasteiger partial charge in [0.2, 0.25) is 0 Å². The van der Waals surface area contributed by atoms with Crippen LogP contribution in [0.5, 0.6) is 0 Å². The molecule has 1 aliphatic rings. The van der Waals surface area contributed by atoms with Crippen LogP contribution in [0, 0.1) is 10.1 Å². The summed E-state index contributed by atoms with van der Waals surface area (Å²) in [5.74, 6) is -0.691. The van der Waals surface area contributed by atoms with E-state index in [1.165, 1.54) is 38.5 Å². The first-order valence-electron chi connectivity index (χ1n) is 6.75. The fourth-order valence-corrected chi connectivity index (χ4v) is 2.54. The number of carbonyl (C=O) groups is 1. The van der Waals surface area contributed by atoms with E-state index >= 15 is 0 Å². The van der Waals surface area contributed by atoms with Gasteiger partial charge in [-0.15, -0.1) is 0 Å². The second kappa shape index (κ2) is 6.36. The summed E-state index contributed by atoms with van der Waals surface area (Å²) in [6.45, 7) is 0. The van der Waals surface area contributed by atoms with Crippen LogP contribution in [0.3, 0.4) is 0 Å². The third-order valence-electron chi connectivity index (χ3n) is 3.57. The normalized spacial score (nSPS) is 15.7. The van der Waals surface area contributed by atoms with Crippen molar-refractivity contribution in [1.29, 1.82) is 0 Å². The van der Waals surface area contributed by atoms with Crippen molar-refractivity contribution in [1.82, 2.24) is 0 Å². The van der Waals surface area contributed by atoms with Gasteiger partial charge < -0.3 is 10.1 Å². The zero-order valence-corrected chi connectivity index (χ0v) is 11.4. The predicted molar refractivity (Wildman–Crippen MR) is 74.9 cm³/mol. The molecule has 1 saturated carbocycles. The van der Waals surface area contributed by atoms with Crippen molar-refractivity contribution in [2.45, 2.75) is 38.1 Å². The number of rotatable bonds is 4. The molecule has 0 atom stereocenters. The second-order valence-corrected chi connectivity index (χ2v) is 4.96. The van der Waals surface area contributed by atoms with Gasteiger partial charge in [-0.25, -0.2) is 4.79 Å². The summed E-state index contributed by atoms with van der Waals surface area (Å²) in [7, 11) is 1.22. The SMILES string of the molecule is COC(=O)c1cc(NC2CCCCC2)ccc1[N+](=O)[O-]. The molecule has 0 spiro atoms. The number of nitrogens with zero attached hydrogens (tertiary/aromatic N) is 1. The lowest BCUT2D eigenvalue weighted by atomic mass is 9.95. The van der Waals surface area contributed by atoms with Gasteiger partial charge in [-0.1, -0.05) is 19.3 Å². The van der Waals surface area contributed by atoms with Crippen molar-refractivity contribution in [2.75, 3.05) is 12.4 Å². The number of esters is 1. The average molecular weight is 278 g/mol.